The number of terminal acetylenes is 1. The number of nitrogens with zero attached hydrogens (tertiary/aromatic N) is 6. The lowest BCUT2D eigenvalue weighted by molar-refractivity contribution is 0.165. The Balaban J connectivity index is 1.25. The van der Waals surface area contributed by atoms with Gasteiger partial charge in [-0.15, -0.1) is 6.42 Å². The quantitative estimate of drug-likeness (QED) is 0.284. The minimum absolute atomic E-state index is 0.0343. The zero-order chi connectivity index (χ0) is 31.6. The maximum Gasteiger partial charge on any atom is 0.319 e. The molecule has 4 aromatic rings. The van der Waals surface area contributed by atoms with E-state index in [4.69, 9.17) is 26.1 Å². The highest BCUT2D eigenvalue weighted by molar-refractivity contribution is 6.05. The van der Waals surface area contributed by atoms with Crippen LogP contribution < -0.4 is 15.0 Å². The Morgan fingerprint density at radius 3 is 2.57 bits per heavy atom. The van der Waals surface area contributed by atoms with Crippen LogP contribution in [0.5, 0.6) is 11.8 Å². The van der Waals surface area contributed by atoms with E-state index in [-0.39, 0.29) is 28.3 Å². The number of aromatic nitrogens is 3. The number of ether oxygens (including phenoxy) is 1. The maximum absolute atomic E-state index is 14.9. The Morgan fingerprint density at radius 2 is 1.87 bits per heavy atom. The van der Waals surface area contributed by atoms with Crippen LogP contribution in [0.1, 0.15) is 43.2 Å². The Bertz CT molecular complexity index is 1960. The number of phenolic OH excluding ortho intramolecular Hbond substituents is 1. The predicted octanol–water partition coefficient (Wildman–Crippen LogP) is 4.69. The predicted molar refractivity (Wildman–Crippen MR) is 170 cm³/mol. The van der Waals surface area contributed by atoms with Gasteiger partial charge in [0.2, 0.25) is 0 Å². The Labute approximate surface area is 265 Å². The standard InChI is InChI=1S/C35H33F2N7O2/c1-2-25-29(37)6-3-20-11-24(45)12-26(30(20)25)28-14-39-32-31(27(28)13-38)41-34(42-33(32)44-16-22-4-5-23(17-44)40-22)46-19-35(8-9-35)18-43-10-7-21(36)15-43/h1,3,6,11-12,14,21-23,40,45H,4-5,7-10,15-19H2/t21-,22?,23?/m1/s1. The first kappa shape index (κ1) is 28.9. The maximum atomic E-state index is 14.9. The zero-order valence-electron chi connectivity index (χ0n) is 25.3. The van der Waals surface area contributed by atoms with Crippen molar-refractivity contribution in [1.82, 2.24) is 25.2 Å². The summed E-state index contributed by atoms with van der Waals surface area (Å²) in [4.78, 5) is 18.8. The number of hydrogen-bond donors (Lipinski definition) is 2. The molecule has 0 spiro atoms. The molecule has 2 aromatic carbocycles. The summed E-state index contributed by atoms with van der Waals surface area (Å²) in [5.41, 5.74) is 1.67. The molecule has 0 amide bonds. The van der Waals surface area contributed by atoms with Gasteiger partial charge < -0.3 is 20.1 Å². The number of hydrogen-bond acceptors (Lipinski definition) is 9. The van der Waals surface area contributed by atoms with Gasteiger partial charge in [0.25, 0.3) is 0 Å². The molecule has 9 nitrogen and oxygen atoms in total. The molecule has 2 aromatic heterocycles. The molecular weight excluding hydrogens is 588 g/mol. The van der Waals surface area contributed by atoms with Gasteiger partial charge >= 0.3 is 6.01 Å². The number of rotatable bonds is 7. The third kappa shape index (κ3) is 5.04. The number of anilines is 1. The lowest BCUT2D eigenvalue weighted by Crippen LogP contribution is -2.51. The van der Waals surface area contributed by atoms with E-state index in [1.54, 1.807) is 12.3 Å². The largest absolute Gasteiger partial charge is 0.508 e. The van der Waals surface area contributed by atoms with Gasteiger partial charge in [-0.25, -0.2) is 13.8 Å². The topological polar surface area (TPSA) is 110 Å². The Hall–Kier alpha value is -4.58. The summed E-state index contributed by atoms with van der Waals surface area (Å²) in [5, 5.41) is 25.8. The van der Waals surface area contributed by atoms with Gasteiger partial charge in [0.05, 0.1) is 17.7 Å². The van der Waals surface area contributed by atoms with Crippen molar-refractivity contribution >= 4 is 27.6 Å². The molecule has 1 aliphatic carbocycles. The third-order valence-corrected chi connectivity index (χ3v) is 10.0. The monoisotopic (exact) mass is 621 g/mol. The molecule has 4 aliphatic rings. The minimum atomic E-state index is -0.777. The number of phenols is 1. The number of fused-ring (bicyclic) bond motifs is 4. The smallest absolute Gasteiger partial charge is 0.319 e. The molecule has 46 heavy (non-hydrogen) atoms. The van der Waals surface area contributed by atoms with Gasteiger partial charge in [-0.05, 0) is 61.3 Å². The van der Waals surface area contributed by atoms with E-state index in [1.165, 1.54) is 18.2 Å². The van der Waals surface area contributed by atoms with Crippen LogP contribution in [0.25, 0.3) is 32.9 Å². The van der Waals surface area contributed by atoms with Gasteiger partial charge in [-0.2, -0.15) is 15.2 Å². The summed E-state index contributed by atoms with van der Waals surface area (Å²) in [5.74, 6) is 2.40. The zero-order valence-corrected chi connectivity index (χ0v) is 25.3. The minimum Gasteiger partial charge on any atom is -0.508 e. The van der Waals surface area contributed by atoms with Crippen LogP contribution in [0.2, 0.25) is 0 Å². The van der Waals surface area contributed by atoms with E-state index in [2.05, 4.69) is 27.1 Å². The molecule has 3 atom stereocenters. The van der Waals surface area contributed by atoms with Crippen molar-refractivity contribution in [2.75, 3.05) is 44.2 Å². The fourth-order valence-electron chi connectivity index (χ4n) is 7.53. The molecule has 2 N–H and O–H groups in total. The average Bonchev–Trinajstić information content (AvgIpc) is 3.57. The van der Waals surface area contributed by atoms with Crippen molar-refractivity contribution in [3.05, 3.63) is 47.4 Å². The SMILES string of the molecule is C#Cc1c(F)ccc2cc(O)cc(-c3cnc4c(N5CC6CCC(C5)N6)nc(OCC5(CN6CC[C@@H](F)C6)CC5)nc4c3C#N)c12. The molecule has 11 heteroatoms. The molecule has 0 radical (unpaired) electrons. The molecule has 5 heterocycles. The third-order valence-electron chi connectivity index (χ3n) is 10.0. The van der Waals surface area contributed by atoms with Crippen LogP contribution in [0.15, 0.2) is 30.5 Å². The highest BCUT2D eigenvalue weighted by atomic mass is 19.1. The number of nitrogens with one attached hydrogen (secondary N) is 1. The van der Waals surface area contributed by atoms with Crippen LogP contribution >= 0.6 is 0 Å². The number of benzene rings is 2. The van der Waals surface area contributed by atoms with Crippen molar-refractivity contribution < 1.29 is 18.6 Å². The highest BCUT2D eigenvalue weighted by Crippen LogP contribution is 2.47. The lowest BCUT2D eigenvalue weighted by Gasteiger charge is -2.34. The summed E-state index contributed by atoms with van der Waals surface area (Å²) in [6.07, 6.45) is 11.2. The fourth-order valence-corrected chi connectivity index (χ4v) is 7.53. The van der Waals surface area contributed by atoms with E-state index >= 15 is 0 Å². The second kappa shape index (κ2) is 11.0. The Kier molecular flexibility index (Phi) is 6.93. The van der Waals surface area contributed by atoms with Crippen LogP contribution in [-0.4, -0.2) is 82.5 Å². The van der Waals surface area contributed by atoms with Gasteiger partial charge in [-0.3, -0.25) is 4.90 Å². The van der Waals surface area contributed by atoms with E-state index < -0.39 is 12.0 Å². The molecule has 234 valence electrons. The molecule has 1 saturated carbocycles. The average molecular weight is 622 g/mol. The first-order valence-corrected chi connectivity index (χ1v) is 15.9. The van der Waals surface area contributed by atoms with Crippen LogP contribution in [0.4, 0.5) is 14.6 Å². The first-order valence-electron chi connectivity index (χ1n) is 15.9. The van der Waals surface area contributed by atoms with Crippen molar-refractivity contribution in [1.29, 1.82) is 5.26 Å². The number of aromatic hydroxyl groups is 1. The van der Waals surface area contributed by atoms with E-state index in [1.807, 2.05) is 0 Å². The van der Waals surface area contributed by atoms with E-state index in [9.17, 15) is 19.1 Å². The highest BCUT2D eigenvalue weighted by Gasteiger charge is 2.46. The number of likely N-dealkylation sites (tertiary alicyclic amines) is 1. The normalized spacial score (nSPS) is 23.5. The Morgan fingerprint density at radius 1 is 1.07 bits per heavy atom. The van der Waals surface area contributed by atoms with E-state index in [0.717, 1.165) is 51.9 Å². The van der Waals surface area contributed by atoms with E-state index in [0.29, 0.717) is 70.4 Å². The summed E-state index contributed by atoms with van der Waals surface area (Å²) in [6, 6.07) is 8.90. The molecular formula is C35H33F2N7O2. The van der Waals surface area contributed by atoms with Gasteiger partial charge in [0.1, 0.15) is 34.8 Å². The number of pyridine rings is 1. The van der Waals surface area contributed by atoms with Gasteiger partial charge in [0, 0.05) is 67.4 Å². The van der Waals surface area contributed by atoms with Crippen LogP contribution in [0.3, 0.4) is 0 Å². The molecule has 8 rings (SSSR count). The molecule has 2 unspecified atom stereocenters. The van der Waals surface area contributed by atoms with Crippen molar-refractivity contribution in [3.63, 3.8) is 0 Å². The van der Waals surface area contributed by atoms with Crippen LogP contribution in [0, 0.1) is 34.9 Å². The van der Waals surface area contributed by atoms with Gasteiger partial charge in [-0.1, -0.05) is 12.0 Å². The fraction of sp³-hybridized carbons (Fsp3) is 0.429. The summed E-state index contributed by atoms with van der Waals surface area (Å²) >= 11 is 0. The second-order valence-corrected chi connectivity index (χ2v) is 13.3. The number of halogens is 2. The summed E-state index contributed by atoms with van der Waals surface area (Å²) in [6.45, 7) is 3.83. The van der Waals surface area contributed by atoms with Crippen LogP contribution in [-0.2, 0) is 0 Å². The molecule has 4 fully saturated rings. The van der Waals surface area contributed by atoms with Gasteiger partial charge in [0.15, 0.2) is 5.82 Å². The van der Waals surface area contributed by atoms with Crippen molar-refractivity contribution in [2.45, 2.75) is 50.4 Å². The van der Waals surface area contributed by atoms with Crippen molar-refractivity contribution in [2.24, 2.45) is 5.41 Å². The second-order valence-electron chi connectivity index (χ2n) is 13.3. The molecule has 3 saturated heterocycles. The first-order chi connectivity index (χ1) is 22.3. The molecule has 3 aliphatic heterocycles. The summed E-state index contributed by atoms with van der Waals surface area (Å²) < 4.78 is 35.1. The number of alkyl halides is 1. The number of piperazine rings is 1. The number of nitriles is 1. The lowest BCUT2D eigenvalue weighted by atomic mass is 9.92. The summed E-state index contributed by atoms with van der Waals surface area (Å²) in [7, 11) is 0. The van der Waals surface area contributed by atoms with Crippen molar-refractivity contribution in [3.8, 4) is 41.3 Å². The molecule has 2 bridgehead atoms.